The molecule has 13 nitrogen and oxygen atoms in total. The number of esters is 2. The number of carbonyl (C=O) groups excluding carboxylic acids is 2. The highest BCUT2D eigenvalue weighted by Crippen LogP contribution is 2.47. The molecule has 0 aliphatic heterocycles. The Balaban J connectivity index is 2.52. The maximum Gasteiger partial charge on any atom is 0.472 e. The quantitative estimate of drug-likeness (QED) is 0.0741. The molecule has 1 rings (SSSR count). The van der Waals surface area contributed by atoms with Crippen molar-refractivity contribution in [1.29, 1.82) is 0 Å². The number of aliphatic hydroxyl groups is 5. The SMILES string of the molecule is CC/C=C\C/C=C\C/C=C\C/C=C\CCC(=O)OC(COC(C)=O)COP(=O)(O)OC1C(O)C(O)C(O)C(O)C1O. The van der Waals surface area contributed by atoms with Gasteiger partial charge in [0.05, 0.1) is 6.61 Å². The third-order valence-corrected chi connectivity index (χ3v) is 6.74. The fraction of sp³-hybridized carbons (Fsp3) is 0.630. The van der Waals surface area contributed by atoms with Gasteiger partial charge in [0.25, 0.3) is 0 Å². The second-order valence-electron chi connectivity index (χ2n) is 9.24. The Labute approximate surface area is 240 Å². The first-order chi connectivity index (χ1) is 19.4. The van der Waals surface area contributed by atoms with E-state index in [1.807, 2.05) is 18.2 Å². The van der Waals surface area contributed by atoms with Crippen molar-refractivity contribution in [3.8, 4) is 0 Å². The molecule has 6 N–H and O–H groups in total. The maximum absolute atomic E-state index is 12.4. The topological polar surface area (TPSA) is 210 Å². The van der Waals surface area contributed by atoms with Gasteiger partial charge >= 0.3 is 19.8 Å². The van der Waals surface area contributed by atoms with Crippen molar-refractivity contribution in [2.24, 2.45) is 0 Å². The molecular weight excluding hydrogens is 563 g/mol. The van der Waals surface area contributed by atoms with Crippen LogP contribution in [-0.4, -0.2) is 98.3 Å². The van der Waals surface area contributed by atoms with E-state index in [0.717, 1.165) is 26.2 Å². The highest BCUT2D eigenvalue weighted by Gasteiger charge is 2.51. The van der Waals surface area contributed by atoms with Gasteiger partial charge in [-0.3, -0.25) is 18.6 Å². The van der Waals surface area contributed by atoms with E-state index in [1.165, 1.54) is 0 Å². The van der Waals surface area contributed by atoms with Crippen LogP contribution in [0, 0.1) is 0 Å². The van der Waals surface area contributed by atoms with Gasteiger partial charge < -0.3 is 39.9 Å². The molecule has 6 atom stereocenters. The Morgan fingerprint density at radius 1 is 0.780 bits per heavy atom. The number of phosphoric acid groups is 1. The molecule has 0 saturated heterocycles. The summed E-state index contributed by atoms with van der Waals surface area (Å²) in [5.74, 6) is -1.40. The molecule has 0 bridgehead atoms. The van der Waals surface area contributed by atoms with Crippen LogP contribution < -0.4 is 0 Å². The molecule has 6 unspecified atom stereocenters. The van der Waals surface area contributed by atoms with E-state index in [1.54, 1.807) is 6.08 Å². The average molecular weight is 607 g/mol. The Kier molecular flexibility index (Phi) is 17.8. The van der Waals surface area contributed by atoms with E-state index in [9.17, 15) is 44.6 Å². The summed E-state index contributed by atoms with van der Waals surface area (Å²) in [6, 6.07) is 0. The number of rotatable bonds is 18. The molecule has 0 aromatic heterocycles. The monoisotopic (exact) mass is 606 g/mol. The molecule has 1 aliphatic carbocycles. The molecule has 0 radical (unpaired) electrons. The maximum atomic E-state index is 12.4. The Hall–Kier alpha value is -2.19. The zero-order valence-corrected chi connectivity index (χ0v) is 24.2. The van der Waals surface area contributed by atoms with Gasteiger partial charge in [-0.15, -0.1) is 0 Å². The fourth-order valence-corrected chi connectivity index (χ4v) is 4.53. The molecule has 1 saturated carbocycles. The average Bonchev–Trinajstić information content (AvgIpc) is 2.93. The summed E-state index contributed by atoms with van der Waals surface area (Å²) in [6.07, 6.45) is 6.61. The van der Waals surface area contributed by atoms with Gasteiger partial charge in [0.2, 0.25) is 0 Å². The molecule has 0 amide bonds. The molecule has 0 heterocycles. The Morgan fingerprint density at radius 3 is 1.78 bits per heavy atom. The minimum Gasteiger partial charge on any atom is -0.462 e. The number of aliphatic hydroxyl groups excluding tert-OH is 5. The molecular formula is C27H43O13P. The molecule has 234 valence electrons. The van der Waals surface area contributed by atoms with Gasteiger partial charge in [-0.1, -0.05) is 55.5 Å². The smallest absolute Gasteiger partial charge is 0.462 e. The Morgan fingerprint density at radius 2 is 1.27 bits per heavy atom. The van der Waals surface area contributed by atoms with Crippen LogP contribution in [0.25, 0.3) is 0 Å². The zero-order chi connectivity index (χ0) is 30.8. The van der Waals surface area contributed by atoms with E-state index in [0.29, 0.717) is 12.8 Å². The lowest BCUT2D eigenvalue weighted by atomic mass is 9.85. The van der Waals surface area contributed by atoms with Crippen LogP contribution in [-0.2, 0) is 32.7 Å². The summed E-state index contributed by atoms with van der Waals surface area (Å²) in [5, 5.41) is 49.1. The zero-order valence-electron chi connectivity index (χ0n) is 23.3. The normalized spacial score (nSPS) is 27.5. The predicted octanol–water partition coefficient (Wildman–Crippen LogP) is 1.37. The number of hydrogen-bond donors (Lipinski definition) is 6. The van der Waals surface area contributed by atoms with Gasteiger partial charge in [0.1, 0.15) is 43.2 Å². The van der Waals surface area contributed by atoms with Crippen molar-refractivity contribution in [1.82, 2.24) is 0 Å². The predicted molar refractivity (Wildman–Crippen MR) is 147 cm³/mol. The van der Waals surface area contributed by atoms with Crippen LogP contribution in [0.1, 0.15) is 52.4 Å². The number of carbonyl (C=O) groups is 2. The van der Waals surface area contributed by atoms with Crippen LogP contribution in [0.2, 0.25) is 0 Å². The van der Waals surface area contributed by atoms with Gasteiger partial charge in [0, 0.05) is 13.3 Å². The summed E-state index contributed by atoms with van der Waals surface area (Å²) in [5.41, 5.74) is 0. The summed E-state index contributed by atoms with van der Waals surface area (Å²) in [7, 11) is -5.08. The molecule has 14 heteroatoms. The largest absolute Gasteiger partial charge is 0.472 e. The second-order valence-corrected chi connectivity index (χ2v) is 10.6. The first-order valence-corrected chi connectivity index (χ1v) is 14.9. The third kappa shape index (κ3) is 15.0. The van der Waals surface area contributed by atoms with Gasteiger partial charge in [-0.05, 0) is 32.1 Å². The standard InChI is InChI=1S/C27H43O13P/c1-3-4-5-6-7-8-9-10-11-12-13-14-15-16-21(29)39-20(17-37-19(2)28)18-38-41(35,36)40-27-25(33)23(31)22(30)24(32)26(27)34/h4-5,7-8,10-11,13-14,20,22-27,30-34H,3,6,9,12,15-18H2,1-2H3,(H,35,36)/b5-4-,8-7-,11-10-,14-13-. The third-order valence-electron chi connectivity index (χ3n) is 5.76. The van der Waals surface area contributed by atoms with Crippen LogP contribution in [0.15, 0.2) is 48.6 Å². The highest BCUT2D eigenvalue weighted by atomic mass is 31.2. The summed E-state index contributed by atoms with van der Waals surface area (Å²) < 4.78 is 31.9. The number of phosphoric ester groups is 1. The van der Waals surface area contributed by atoms with E-state index in [2.05, 4.69) is 31.2 Å². The van der Waals surface area contributed by atoms with E-state index < -0.39 is 75.7 Å². The van der Waals surface area contributed by atoms with Crippen molar-refractivity contribution >= 4 is 19.8 Å². The van der Waals surface area contributed by atoms with Gasteiger partial charge in [-0.2, -0.15) is 0 Å². The minimum atomic E-state index is -5.08. The molecule has 0 spiro atoms. The lowest BCUT2D eigenvalue weighted by molar-refractivity contribution is -0.220. The molecule has 41 heavy (non-hydrogen) atoms. The highest BCUT2D eigenvalue weighted by molar-refractivity contribution is 7.47. The molecule has 0 aromatic carbocycles. The van der Waals surface area contributed by atoms with Crippen molar-refractivity contribution < 1.29 is 63.1 Å². The first-order valence-electron chi connectivity index (χ1n) is 13.4. The number of ether oxygens (including phenoxy) is 2. The van der Waals surface area contributed by atoms with Gasteiger partial charge in [0.15, 0.2) is 6.10 Å². The van der Waals surface area contributed by atoms with Crippen molar-refractivity contribution in [2.45, 2.75) is 95.1 Å². The van der Waals surface area contributed by atoms with Crippen molar-refractivity contribution in [3.63, 3.8) is 0 Å². The fourth-order valence-electron chi connectivity index (χ4n) is 3.55. The second kappa shape index (κ2) is 19.8. The Bertz CT molecular complexity index is 931. The summed E-state index contributed by atoms with van der Waals surface area (Å²) >= 11 is 0. The van der Waals surface area contributed by atoms with E-state index in [4.69, 9.17) is 18.5 Å². The lowest BCUT2D eigenvalue weighted by Gasteiger charge is -2.41. The van der Waals surface area contributed by atoms with Gasteiger partial charge in [-0.25, -0.2) is 4.57 Å². The molecule has 0 aromatic rings. The van der Waals surface area contributed by atoms with E-state index in [-0.39, 0.29) is 6.42 Å². The molecule has 1 fully saturated rings. The van der Waals surface area contributed by atoms with Crippen molar-refractivity contribution in [3.05, 3.63) is 48.6 Å². The van der Waals surface area contributed by atoms with E-state index >= 15 is 0 Å². The summed E-state index contributed by atoms with van der Waals surface area (Å²) in [4.78, 5) is 33.5. The van der Waals surface area contributed by atoms with Crippen LogP contribution in [0.4, 0.5) is 0 Å². The minimum absolute atomic E-state index is 0.0311. The van der Waals surface area contributed by atoms with Crippen LogP contribution in [0.3, 0.4) is 0 Å². The number of allylic oxidation sites excluding steroid dienone is 8. The van der Waals surface area contributed by atoms with Crippen LogP contribution >= 0.6 is 7.82 Å². The lowest BCUT2D eigenvalue weighted by Crippen LogP contribution is -2.64. The van der Waals surface area contributed by atoms with Crippen molar-refractivity contribution in [2.75, 3.05) is 13.2 Å². The summed E-state index contributed by atoms with van der Waals surface area (Å²) in [6.45, 7) is 1.92. The first kappa shape index (κ1) is 36.8. The number of hydrogen-bond acceptors (Lipinski definition) is 12. The van der Waals surface area contributed by atoms with Crippen LogP contribution in [0.5, 0.6) is 0 Å². The molecule has 1 aliphatic rings.